The zero-order chi connectivity index (χ0) is 13.3. The highest BCUT2D eigenvalue weighted by atomic mass is 32.1. The fourth-order valence-corrected chi connectivity index (χ4v) is 4.24. The second-order valence-corrected chi connectivity index (χ2v) is 6.43. The fraction of sp³-hybridized carbons (Fsp3) is 0.533. The first-order valence-corrected chi connectivity index (χ1v) is 7.74. The minimum Gasteiger partial charge on any atom is -0.497 e. The topological polar surface area (TPSA) is 48.1 Å². The van der Waals surface area contributed by atoms with Crippen LogP contribution in [0.25, 0.3) is 10.2 Å². The Morgan fingerprint density at radius 1 is 1.32 bits per heavy atom. The van der Waals surface area contributed by atoms with Crippen molar-refractivity contribution in [3.8, 4) is 5.75 Å². The van der Waals surface area contributed by atoms with Crippen molar-refractivity contribution in [2.24, 2.45) is 5.73 Å². The standard InChI is InChI=1S/C15H20N2OS/c1-18-11-5-6-12-13(9-11)19-14(17-12)15(10-16)7-3-2-4-8-15/h5-6,9H,2-4,7-8,10,16H2,1H3. The maximum absolute atomic E-state index is 6.09. The minimum absolute atomic E-state index is 0.120. The number of hydrogen-bond donors (Lipinski definition) is 1. The van der Waals surface area contributed by atoms with E-state index < -0.39 is 0 Å². The number of nitrogens with two attached hydrogens (primary N) is 1. The summed E-state index contributed by atoms with van der Waals surface area (Å²) in [6.45, 7) is 0.712. The number of benzene rings is 1. The van der Waals surface area contributed by atoms with Gasteiger partial charge in [0.05, 0.1) is 17.3 Å². The highest BCUT2D eigenvalue weighted by molar-refractivity contribution is 7.18. The van der Waals surface area contributed by atoms with Gasteiger partial charge in [-0.15, -0.1) is 11.3 Å². The van der Waals surface area contributed by atoms with E-state index >= 15 is 0 Å². The molecule has 3 rings (SSSR count). The zero-order valence-corrected chi connectivity index (χ0v) is 12.1. The molecule has 1 aromatic heterocycles. The van der Waals surface area contributed by atoms with Crippen LogP contribution in [-0.4, -0.2) is 18.6 Å². The summed E-state index contributed by atoms with van der Waals surface area (Å²) in [6, 6.07) is 6.09. The number of fused-ring (bicyclic) bond motifs is 1. The van der Waals surface area contributed by atoms with Crippen molar-refractivity contribution in [3.63, 3.8) is 0 Å². The smallest absolute Gasteiger partial charge is 0.120 e. The lowest BCUT2D eigenvalue weighted by molar-refractivity contribution is 0.300. The summed E-state index contributed by atoms with van der Waals surface area (Å²) in [4.78, 5) is 4.84. The van der Waals surface area contributed by atoms with Crippen molar-refractivity contribution in [1.29, 1.82) is 0 Å². The summed E-state index contributed by atoms with van der Waals surface area (Å²) in [7, 11) is 1.70. The lowest BCUT2D eigenvalue weighted by Gasteiger charge is -2.34. The second-order valence-electron chi connectivity index (χ2n) is 5.40. The van der Waals surface area contributed by atoms with Crippen molar-refractivity contribution in [1.82, 2.24) is 4.98 Å². The molecule has 1 aliphatic carbocycles. The van der Waals surface area contributed by atoms with Gasteiger partial charge in [0.15, 0.2) is 0 Å². The van der Waals surface area contributed by atoms with Gasteiger partial charge in [-0.05, 0) is 31.0 Å². The summed E-state index contributed by atoms with van der Waals surface area (Å²) in [5.74, 6) is 0.896. The molecule has 0 atom stereocenters. The molecule has 19 heavy (non-hydrogen) atoms. The van der Waals surface area contributed by atoms with E-state index in [0.717, 1.165) is 11.3 Å². The van der Waals surface area contributed by atoms with E-state index in [-0.39, 0.29) is 5.41 Å². The van der Waals surface area contributed by atoms with Crippen LogP contribution < -0.4 is 10.5 Å². The third kappa shape index (κ3) is 2.23. The van der Waals surface area contributed by atoms with Gasteiger partial charge in [0.25, 0.3) is 0 Å². The van der Waals surface area contributed by atoms with Crippen LogP contribution in [0.15, 0.2) is 18.2 Å². The van der Waals surface area contributed by atoms with Crippen LogP contribution in [0.2, 0.25) is 0 Å². The first-order valence-electron chi connectivity index (χ1n) is 6.92. The maximum Gasteiger partial charge on any atom is 0.120 e. The maximum atomic E-state index is 6.09. The van der Waals surface area contributed by atoms with Crippen LogP contribution in [0, 0.1) is 0 Å². The Labute approximate surface area is 117 Å². The molecule has 0 aliphatic heterocycles. The second kappa shape index (κ2) is 5.10. The van der Waals surface area contributed by atoms with Gasteiger partial charge in [0, 0.05) is 12.0 Å². The predicted octanol–water partition coefficient (Wildman–Crippen LogP) is 3.47. The lowest BCUT2D eigenvalue weighted by atomic mass is 9.74. The van der Waals surface area contributed by atoms with Crippen molar-refractivity contribution >= 4 is 21.6 Å². The van der Waals surface area contributed by atoms with E-state index in [1.54, 1.807) is 18.4 Å². The number of nitrogens with zero attached hydrogens (tertiary/aromatic N) is 1. The average Bonchev–Trinajstić information content (AvgIpc) is 2.91. The first kappa shape index (κ1) is 12.9. The highest BCUT2D eigenvalue weighted by Gasteiger charge is 2.35. The van der Waals surface area contributed by atoms with E-state index in [4.69, 9.17) is 15.5 Å². The molecule has 4 heteroatoms. The summed E-state index contributed by atoms with van der Waals surface area (Å²) >= 11 is 1.79. The molecule has 1 saturated carbocycles. The molecular weight excluding hydrogens is 256 g/mol. The van der Waals surface area contributed by atoms with E-state index in [1.807, 2.05) is 12.1 Å². The Hall–Kier alpha value is -1.13. The molecule has 0 amide bonds. The Morgan fingerprint density at radius 3 is 2.79 bits per heavy atom. The van der Waals surface area contributed by atoms with Crippen molar-refractivity contribution in [2.75, 3.05) is 13.7 Å². The van der Waals surface area contributed by atoms with Crippen LogP contribution in [0.3, 0.4) is 0 Å². The number of hydrogen-bond acceptors (Lipinski definition) is 4. The molecule has 1 heterocycles. The fourth-order valence-electron chi connectivity index (χ4n) is 2.99. The normalized spacial score (nSPS) is 18.6. The Balaban J connectivity index is 2.03. The molecule has 0 saturated heterocycles. The number of ether oxygens (including phenoxy) is 1. The zero-order valence-electron chi connectivity index (χ0n) is 11.3. The van der Waals surface area contributed by atoms with Crippen LogP contribution in [-0.2, 0) is 5.41 Å². The van der Waals surface area contributed by atoms with E-state index in [0.29, 0.717) is 6.54 Å². The minimum atomic E-state index is 0.120. The molecule has 3 nitrogen and oxygen atoms in total. The summed E-state index contributed by atoms with van der Waals surface area (Å²) in [5.41, 5.74) is 7.28. The summed E-state index contributed by atoms with van der Waals surface area (Å²) in [5, 5.41) is 1.22. The molecule has 0 spiro atoms. The first-order chi connectivity index (χ1) is 9.27. The average molecular weight is 276 g/mol. The Morgan fingerprint density at radius 2 is 2.11 bits per heavy atom. The van der Waals surface area contributed by atoms with E-state index in [1.165, 1.54) is 41.8 Å². The molecule has 1 aliphatic rings. The van der Waals surface area contributed by atoms with Crippen molar-refractivity contribution in [2.45, 2.75) is 37.5 Å². The molecule has 1 fully saturated rings. The molecule has 2 N–H and O–H groups in total. The van der Waals surface area contributed by atoms with E-state index in [2.05, 4.69) is 6.07 Å². The molecule has 2 aromatic rings. The van der Waals surface area contributed by atoms with Crippen molar-refractivity contribution in [3.05, 3.63) is 23.2 Å². The predicted molar refractivity (Wildman–Crippen MR) is 80.0 cm³/mol. The van der Waals surface area contributed by atoms with Gasteiger partial charge < -0.3 is 10.5 Å². The molecule has 1 aromatic carbocycles. The van der Waals surface area contributed by atoms with Crippen LogP contribution in [0.5, 0.6) is 5.75 Å². The van der Waals surface area contributed by atoms with Crippen LogP contribution in [0.4, 0.5) is 0 Å². The largest absolute Gasteiger partial charge is 0.497 e. The van der Waals surface area contributed by atoms with Gasteiger partial charge >= 0.3 is 0 Å². The summed E-state index contributed by atoms with van der Waals surface area (Å²) in [6.07, 6.45) is 6.24. The summed E-state index contributed by atoms with van der Waals surface area (Å²) < 4.78 is 6.48. The monoisotopic (exact) mass is 276 g/mol. The molecule has 0 radical (unpaired) electrons. The third-order valence-electron chi connectivity index (χ3n) is 4.25. The Bertz CT molecular complexity index is 573. The third-order valence-corrected chi connectivity index (χ3v) is 5.52. The van der Waals surface area contributed by atoms with Gasteiger partial charge in [-0.1, -0.05) is 19.3 Å². The molecule has 102 valence electrons. The SMILES string of the molecule is COc1ccc2nc(C3(CN)CCCCC3)sc2c1. The van der Waals surface area contributed by atoms with Gasteiger partial charge in [-0.3, -0.25) is 0 Å². The quantitative estimate of drug-likeness (QED) is 0.934. The van der Waals surface area contributed by atoms with Gasteiger partial charge in [0.2, 0.25) is 0 Å². The number of methoxy groups -OCH3 is 1. The van der Waals surface area contributed by atoms with Gasteiger partial charge in [0.1, 0.15) is 10.8 Å². The van der Waals surface area contributed by atoms with Crippen LogP contribution in [0.1, 0.15) is 37.1 Å². The van der Waals surface area contributed by atoms with Gasteiger partial charge in [-0.2, -0.15) is 0 Å². The number of rotatable bonds is 3. The molecular formula is C15H20N2OS. The van der Waals surface area contributed by atoms with Crippen LogP contribution >= 0.6 is 11.3 Å². The number of aromatic nitrogens is 1. The molecule has 0 bridgehead atoms. The Kier molecular flexibility index (Phi) is 3.46. The van der Waals surface area contributed by atoms with Gasteiger partial charge in [-0.25, -0.2) is 4.98 Å². The number of thiazole rings is 1. The highest BCUT2D eigenvalue weighted by Crippen LogP contribution is 2.42. The van der Waals surface area contributed by atoms with Crippen molar-refractivity contribution < 1.29 is 4.74 Å². The molecule has 0 unspecified atom stereocenters. The van der Waals surface area contributed by atoms with E-state index in [9.17, 15) is 0 Å². The lowest BCUT2D eigenvalue weighted by Crippen LogP contribution is -2.36.